The van der Waals surface area contributed by atoms with Crippen LogP contribution in [0.2, 0.25) is 0 Å². The van der Waals surface area contributed by atoms with Crippen LogP contribution in [0.25, 0.3) is 0 Å². The lowest BCUT2D eigenvalue weighted by Crippen LogP contribution is -2.03. The quantitative estimate of drug-likeness (QED) is 0.873. The summed E-state index contributed by atoms with van der Waals surface area (Å²) in [6.45, 7) is 5.18. The van der Waals surface area contributed by atoms with E-state index in [1.807, 2.05) is 0 Å². The molecule has 12 heavy (non-hydrogen) atoms. The van der Waals surface area contributed by atoms with Gasteiger partial charge in [0.2, 0.25) is 0 Å². The van der Waals surface area contributed by atoms with Crippen LogP contribution in [0.5, 0.6) is 0 Å². The van der Waals surface area contributed by atoms with Gasteiger partial charge in [-0.05, 0) is 46.4 Å². The molecule has 68 valence electrons. The SMILES string of the molecule is CC(C)c1cc(Br)sc1CCN. The molecule has 0 amide bonds. The zero-order chi connectivity index (χ0) is 9.14. The number of rotatable bonds is 3. The summed E-state index contributed by atoms with van der Waals surface area (Å²) in [5.41, 5.74) is 6.97. The predicted molar refractivity (Wildman–Crippen MR) is 58.9 cm³/mol. The summed E-state index contributed by atoms with van der Waals surface area (Å²) >= 11 is 5.30. The van der Waals surface area contributed by atoms with Crippen molar-refractivity contribution in [2.45, 2.75) is 26.2 Å². The Bertz CT molecular complexity index is 255. The second-order valence-electron chi connectivity index (χ2n) is 3.12. The zero-order valence-electron chi connectivity index (χ0n) is 7.43. The Kier molecular flexibility index (Phi) is 3.75. The van der Waals surface area contributed by atoms with Crippen LogP contribution in [0, 0.1) is 0 Å². The Morgan fingerprint density at radius 3 is 2.75 bits per heavy atom. The van der Waals surface area contributed by atoms with Crippen LogP contribution >= 0.6 is 27.3 Å². The van der Waals surface area contributed by atoms with E-state index in [4.69, 9.17) is 5.73 Å². The van der Waals surface area contributed by atoms with Gasteiger partial charge in [0, 0.05) is 4.88 Å². The van der Waals surface area contributed by atoms with Crippen molar-refractivity contribution in [2.24, 2.45) is 5.73 Å². The molecule has 0 aliphatic rings. The maximum atomic E-state index is 5.53. The Hall–Kier alpha value is 0.140. The molecular weight excluding hydrogens is 234 g/mol. The molecule has 0 fully saturated rings. The minimum atomic E-state index is 0.606. The van der Waals surface area contributed by atoms with E-state index in [2.05, 4.69) is 35.8 Å². The van der Waals surface area contributed by atoms with Gasteiger partial charge in [0.25, 0.3) is 0 Å². The summed E-state index contributed by atoms with van der Waals surface area (Å²) in [4.78, 5) is 1.43. The molecule has 0 saturated heterocycles. The van der Waals surface area contributed by atoms with Gasteiger partial charge < -0.3 is 5.73 Å². The molecule has 3 heteroatoms. The molecule has 1 nitrogen and oxygen atoms in total. The first kappa shape index (κ1) is 10.2. The normalized spacial score (nSPS) is 11.1. The average Bonchev–Trinajstić information content (AvgIpc) is 2.32. The van der Waals surface area contributed by atoms with E-state index in [9.17, 15) is 0 Å². The van der Waals surface area contributed by atoms with Crippen molar-refractivity contribution in [1.82, 2.24) is 0 Å². The van der Waals surface area contributed by atoms with Crippen molar-refractivity contribution < 1.29 is 0 Å². The van der Waals surface area contributed by atoms with Crippen molar-refractivity contribution in [3.8, 4) is 0 Å². The Morgan fingerprint density at radius 1 is 1.58 bits per heavy atom. The summed E-state index contributed by atoms with van der Waals surface area (Å²) in [6, 6.07) is 2.21. The minimum Gasteiger partial charge on any atom is -0.330 e. The minimum absolute atomic E-state index is 0.606. The lowest BCUT2D eigenvalue weighted by molar-refractivity contribution is 0.845. The molecular formula is C9H14BrNS. The molecule has 0 bridgehead atoms. The zero-order valence-corrected chi connectivity index (χ0v) is 9.83. The highest BCUT2D eigenvalue weighted by Crippen LogP contribution is 2.32. The molecule has 1 aromatic rings. The molecule has 0 unspecified atom stereocenters. The highest BCUT2D eigenvalue weighted by atomic mass is 79.9. The van der Waals surface area contributed by atoms with Crippen molar-refractivity contribution >= 4 is 27.3 Å². The average molecular weight is 248 g/mol. The second-order valence-corrected chi connectivity index (χ2v) is 5.64. The number of halogens is 1. The molecule has 0 aliphatic carbocycles. The van der Waals surface area contributed by atoms with Crippen molar-refractivity contribution in [3.05, 3.63) is 20.3 Å². The topological polar surface area (TPSA) is 26.0 Å². The molecule has 0 radical (unpaired) electrons. The van der Waals surface area contributed by atoms with Crippen LogP contribution < -0.4 is 5.73 Å². The fourth-order valence-electron chi connectivity index (χ4n) is 1.22. The summed E-state index contributed by atoms with van der Waals surface area (Å²) < 4.78 is 1.22. The Morgan fingerprint density at radius 2 is 2.25 bits per heavy atom. The standard InChI is InChI=1S/C9H14BrNS/c1-6(2)7-5-9(10)12-8(7)3-4-11/h5-6H,3-4,11H2,1-2H3. The van der Waals surface area contributed by atoms with E-state index in [1.165, 1.54) is 14.2 Å². The Labute approximate surface area is 86.1 Å². The number of thiophene rings is 1. The molecule has 0 atom stereocenters. The summed E-state index contributed by atoms with van der Waals surface area (Å²) in [5.74, 6) is 0.606. The molecule has 0 saturated carbocycles. The predicted octanol–water partition coefficient (Wildman–Crippen LogP) is 3.14. The molecule has 1 rings (SSSR count). The molecule has 1 heterocycles. The monoisotopic (exact) mass is 247 g/mol. The van der Waals surface area contributed by atoms with Gasteiger partial charge in [0.15, 0.2) is 0 Å². The van der Waals surface area contributed by atoms with Gasteiger partial charge in [-0.3, -0.25) is 0 Å². The van der Waals surface area contributed by atoms with E-state index in [0.717, 1.165) is 13.0 Å². The third-order valence-corrected chi connectivity index (χ3v) is 3.52. The highest BCUT2D eigenvalue weighted by molar-refractivity contribution is 9.11. The molecule has 1 aromatic heterocycles. The van der Waals surface area contributed by atoms with Crippen molar-refractivity contribution in [3.63, 3.8) is 0 Å². The van der Waals surface area contributed by atoms with Crippen LogP contribution in [-0.4, -0.2) is 6.54 Å². The van der Waals surface area contributed by atoms with Gasteiger partial charge in [-0.2, -0.15) is 0 Å². The molecule has 0 aromatic carbocycles. The van der Waals surface area contributed by atoms with Crippen LogP contribution in [0.4, 0.5) is 0 Å². The Balaban J connectivity index is 2.92. The van der Waals surface area contributed by atoms with Gasteiger partial charge >= 0.3 is 0 Å². The maximum absolute atomic E-state index is 5.53. The number of nitrogens with two attached hydrogens (primary N) is 1. The van der Waals surface area contributed by atoms with Crippen LogP contribution in [0.15, 0.2) is 9.85 Å². The summed E-state index contributed by atoms with van der Waals surface area (Å²) in [7, 11) is 0. The van der Waals surface area contributed by atoms with Gasteiger partial charge in [-0.25, -0.2) is 0 Å². The lowest BCUT2D eigenvalue weighted by Gasteiger charge is -2.04. The van der Waals surface area contributed by atoms with Crippen molar-refractivity contribution in [1.29, 1.82) is 0 Å². The van der Waals surface area contributed by atoms with Crippen LogP contribution in [-0.2, 0) is 6.42 Å². The maximum Gasteiger partial charge on any atom is 0.0704 e. The first-order valence-corrected chi connectivity index (χ1v) is 5.74. The van der Waals surface area contributed by atoms with Gasteiger partial charge in [0.1, 0.15) is 0 Å². The highest BCUT2D eigenvalue weighted by Gasteiger charge is 2.09. The third kappa shape index (κ3) is 2.31. The first-order valence-electron chi connectivity index (χ1n) is 4.13. The summed E-state index contributed by atoms with van der Waals surface area (Å²) in [5, 5.41) is 0. The summed E-state index contributed by atoms with van der Waals surface area (Å²) in [6.07, 6.45) is 1.00. The number of hydrogen-bond acceptors (Lipinski definition) is 2. The fourth-order valence-corrected chi connectivity index (χ4v) is 3.11. The molecule has 0 aliphatic heterocycles. The largest absolute Gasteiger partial charge is 0.330 e. The van der Waals surface area contributed by atoms with E-state index in [0.29, 0.717) is 5.92 Å². The van der Waals surface area contributed by atoms with E-state index >= 15 is 0 Å². The van der Waals surface area contributed by atoms with E-state index < -0.39 is 0 Å². The van der Waals surface area contributed by atoms with Crippen molar-refractivity contribution in [2.75, 3.05) is 6.54 Å². The fraction of sp³-hybridized carbons (Fsp3) is 0.556. The second kappa shape index (κ2) is 4.40. The molecule has 2 N–H and O–H groups in total. The van der Waals surface area contributed by atoms with Gasteiger partial charge in [-0.1, -0.05) is 13.8 Å². The van der Waals surface area contributed by atoms with Crippen LogP contribution in [0.1, 0.15) is 30.2 Å². The lowest BCUT2D eigenvalue weighted by atomic mass is 10.0. The van der Waals surface area contributed by atoms with E-state index in [-0.39, 0.29) is 0 Å². The molecule has 0 spiro atoms. The first-order chi connectivity index (χ1) is 5.65. The van der Waals surface area contributed by atoms with Gasteiger partial charge in [-0.15, -0.1) is 11.3 Å². The third-order valence-electron chi connectivity index (χ3n) is 1.81. The number of hydrogen-bond donors (Lipinski definition) is 1. The van der Waals surface area contributed by atoms with E-state index in [1.54, 1.807) is 11.3 Å². The van der Waals surface area contributed by atoms with Gasteiger partial charge in [0.05, 0.1) is 3.79 Å². The smallest absolute Gasteiger partial charge is 0.0704 e. The van der Waals surface area contributed by atoms with Crippen LogP contribution in [0.3, 0.4) is 0 Å².